The van der Waals surface area contributed by atoms with Crippen LogP contribution in [0.25, 0.3) is 0 Å². The van der Waals surface area contributed by atoms with Gasteiger partial charge in [0.25, 0.3) is 0 Å². The third kappa shape index (κ3) is 6.64. The molecule has 0 aromatic heterocycles. The zero-order chi connectivity index (χ0) is 19.9. The highest BCUT2D eigenvalue weighted by atomic mass is 127. The second-order valence-electron chi connectivity index (χ2n) is 7.76. The minimum absolute atomic E-state index is 0. The van der Waals surface area contributed by atoms with E-state index in [9.17, 15) is 0 Å². The Balaban J connectivity index is 0.00000300. The van der Waals surface area contributed by atoms with E-state index < -0.39 is 0 Å². The highest BCUT2D eigenvalue weighted by Crippen LogP contribution is 2.35. The van der Waals surface area contributed by atoms with Gasteiger partial charge < -0.3 is 25.0 Å². The summed E-state index contributed by atoms with van der Waals surface area (Å²) in [5.74, 6) is 3.46. The molecule has 2 aliphatic rings. The van der Waals surface area contributed by atoms with Gasteiger partial charge in [-0.15, -0.1) is 24.0 Å². The van der Waals surface area contributed by atoms with Crippen LogP contribution in [0, 0.1) is 5.92 Å². The molecule has 0 aliphatic carbocycles. The average molecular weight is 516 g/mol. The van der Waals surface area contributed by atoms with Crippen molar-refractivity contribution < 1.29 is 9.47 Å². The number of guanidine groups is 1. The van der Waals surface area contributed by atoms with Crippen LogP contribution < -0.4 is 20.1 Å². The summed E-state index contributed by atoms with van der Waals surface area (Å²) in [6.45, 7) is 15.0. The molecule has 3 rings (SSSR count). The summed E-state index contributed by atoms with van der Waals surface area (Å²) in [4.78, 5) is 7.33. The Hall–Kier alpha value is -1.22. The number of rotatable bonds is 8. The lowest BCUT2D eigenvalue weighted by atomic mass is 10.1. The summed E-state index contributed by atoms with van der Waals surface area (Å²) < 4.78 is 11.8. The molecule has 1 aromatic carbocycles. The highest BCUT2D eigenvalue weighted by Gasteiger charge is 2.22. The number of halogens is 1. The van der Waals surface area contributed by atoms with Gasteiger partial charge >= 0.3 is 0 Å². The number of nitrogens with one attached hydrogen (secondary N) is 2. The van der Waals surface area contributed by atoms with E-state index in [1.807, 2.05) is 6.92 Å². The molecule has 7 heteroatoms. The lowest BCUT2D eigenvalue weighted by molar-refractivity contribution is 0.254. The van der Waals surface area contributed by atoms with E-state index in [1.165, 1.54) is 25.1 Å². The largest absolute Gasteiger partial charge is 0.494 e. The van der Waals surface area contributed by atoms with Gasteiger partial charge in [-0.3, -0.25) is 0 Å². The maximum absolute atomic E-state index is 5.93. The number of fused-ring (bicyclic) bond motifs is 1. The molecule has 1 aromatic rings. The monoisotopic (exact) mass is 516 g/mol. The lowest BCUT2D eigenvalue weighted by Crippen LogP contribution is -2.40. The van der Waals surface area contributed by atoms with E-state index in [-0.39, 0.29) is 30.1 Å². The van der Waals surface area contributed by atoms with Crippen LogP contribution >= 0.6 is 24.0 Å². The molecule has 0 saturated carbocycles. The summed E-state index contributed by atoms with van der Waals surface area (Å²) in [5, 5.41) is 6.89. The maximum atomic E-state index is 5.93. The molecule has 6 nitrogen and oxygen atoms in total. The van der Waals surface area contributed by atoms with Crippen LogP contribution in [0.5, 0.6) is 11.5 Å². The molecule has 2 atom stereocenters. The zero-order valence-electron chi connectivity index (χ0n) is 18.3. The average Bonchev–Trinajstić information content (AvgIpc) is 3.29. The second kappa shape index (κ2) is 11.8. The van der Waals surface area contributed by atoms with Crippen molar-refractivity contribution in [3.8, 4) is 11.5 Å². The second-order valence-corrected chi connectivity index (χ2v) is 7.76. The SMILES string of the molecule is CCNC(=NCc1cc2c(cc1OCC)CC(C)O2)NCC1CCN(CC)C1.I. The molecule has 2 aliphatic heterocycles. The molecule has 0 amide bonds. The van der Waals surface area contributed by atoms with Crippen LogP contribution in [0.4, 0.5) is 0 Å². The summed E-state index contributed by atoms with van der Waals surface area (Å²) >= 11 is 0. The van der Waals surface area contributed by atoms with Gasteiger partial charge in [0, 0.05) is 37.2 Å². The normalized spacial score (nSPS) is 21.3. The van der Waals surface area contributed by atoms with E-state index in [1.54, 1.807) is 0 Å². The predicted octanol–water partition coefficient (Wildman–Crippen LogP) is 3.42. The Bertz CT molecular complexity index is 683. The van der Waals surface area contributed by atoms with Crippen molar-refractivity contribution in [2.75, 3.05) is 39.3 Å². The Kier molecular flexibility index (Phi) is 9.82. The van der Waals surface area contributed by atoms with E-state index in [4.69, 9.17) is 14.5 Å². The number of nitrogens with zero attached hydrogens (tertiary/aromatic N) is 2. The fourth-order valence-corrected chi connectivity index (χ4v) is 4.01. The van der Waals surface area contributed by atoms with Crippen molar-refractivity contribution in [3.63, 3.8) is 0 Å². The van der Waals surface area contributed by atoms with Gasteiger partial charge in [0.2, 0.25) is 0 Å². The van der Waals surface area contributed by atoms with Crippen LogP contribution in [0.2, 0.25) is 0 Å². The Morgan fingerprint density at radius 2 is 2.10 bits per heavy atom. The Labute approximate surface area is 192 Å². The fourth-order valence-electron chi connectivity index (χ4n) is 4.01. The number of likely N-dealkylation sites (tertiary alicyclic amines) is 1. The molecular weight excluding hydrogens is 479 g/mol. The molecule has 0 spiro atoms. The first-order valence-electron chi connectivity index (χ1n) is 10.8. The topological polar surface area (TPSA) is 58.1 Å². The van der Waals surface area contributed by atoms with Crippen LogP contribution in [-0.4, -0.2) is 56.3 Å². The van der Waals surface area contributed by atoms with Crippen LogP contribution in [-0.2, 0) is 13.0 Å². The highest BCUT2D eigenvalue weighted by molar-refractivity contribution is 14.0. The minimum Gasteiger partial charge on any atom is -0.494 e. The third-order valence-electron chi connectivity index (χ3n) is 5.51. The molecule has 29 heavy (non-hydrogen) atoms. The summed E-state index contributed by atoms with van der Waals surface area (Å²) in [7, 11) is 0. The molecule has 2 heterocycles. The standard InChI is InChI=1S/C22H36N4O2.HI/c1-5-23-22(24-13-17-8-9-26(6-2)15-17)25-14-19-12-21-18(10-16(4)28-21)11-20(19)27-7-3;/h11-12,16-17H,5-10,13-15H2,1-4H3,(H2,23,24,25);1H. The van der Waals surface area contributed by atoms with Crippen molar-refractivity contribution in [3.05, 3.63) is 23.3 Å². The fraction of sp³-hybridized carbons (Fsp3) is 0.682. The number of ether oxygens (including phenoxy) is 2. The van der Waals surface area contributed by atoms with E-state index in [0.717, 1.165) is 49.1 Å². The van der Waals surface area contributed by atoms with Gasteiger partial charge in [-0.05, 0) is 58.3 Å². The smallest absolute Gasteiger partial charge is 0.191 e. The minimum atomic E-state index is 0. The van der Waals surface area contributed by atoms with Crippen molar-refractivity contribution >= 4 is 29.9 Å². The van der Waals surface area contributed by atoms with E-state index in [2.05, 4.69) is 48.4 Å². The van der Waals surface area contributed by atoms with Gasteiger partial charge in [0.1, 0.15) is 17.6 Å². The molecular formula is C22H37IN4O2. The Morgan fingerprint density at radius 3 is 2.79 bits per heavy atom. The third-order valence-corrected chi connectivity index (χ3v) is 5.51. The first-order valence-corrected chi connectivity index (χ1v) is 10.8. The molecule has 2 unspecified atom stereocenters. The van der Waals surface area contributed by atoms with Gasteiger partial charge in [-0.25, -0.2) is 4.99 Å². The number of hydrogen-bond acceptors (Lipinski definition) is 4. The molecule has 0 radical (unpaired) electrons. The van der Waals surface area contributed by atoms with E-state index in [0.29, 0.717) is 19.1 Å². The molecule has 1 saturated heterocycles. The Morgan fingerprint density at radius 1 is 1.28 bits per heavy atom. The number of aliphatic imine (C=N–C) groups is 1. The maximum Gasteiger partial charge on any atom is 0.191 e. The van der Waals surface area contributed by atoms with Crippen molar-refractivity contribution in [2.45, 2.75) is 53.2 Å². The van der Waals surface area contributed by atoms with Gasteiger partial charge in [-0.2, -0.15) is 0 Å². The molecule has 1 fully saturated rings. The number of hydrogen-bond donors (Lipinski definition) is 2. The first-order chi connectivity index (χ1) is 13.6. The van der Waals surface area contributed by atoms with Gasteiger partial charge in [0.05, 0.1) is 13.2 Å². The summed E-state index contributed by atoms with van der Waals surface area (Å²) in [5.41, 5.74) is 2.31. The summed E-state index contributed by atoms with van der Waals surface area (Å²) in [6, 6.07) is 4.23. The number of benzene rings is 1. The molecule has 0 bridgehead atoms. The van der Waals surface area contributed by atoms with Crippen molar-refractivity contribution in [1.29, 1.82) is 0 Å². The van der Waals surface area contributed by atoms with Crippen LogP contribution in [0.15, 0.2) is 17.1 Å². The molecule has 164 valence electrons. The summed E-state index contributed by atoms with van der Waals surface area (Å²) in [6.07, 6.45) is 2.44. The van der Waals surface area contributed by atoms with Crippen molar-refractivity contribution in [2.24, 2.45) is 10.9 Å². The van der Waals surface area contributed by atoms with Gasteiger partial charge in [0.15, 0.2) is 5.96 Å². The lowest BCUT2D eigenvalue weighted by Gasteiger charge is -2.17. The van der Waals surface area contributed by atoms with Crippen LogP contribution in [0.3, 0.4) is 0 Å². The molecule has 2 N–H and O–H groups in total. The van der Waals surface area contributed by atoms with Gasteiger partial charge in [-0.1, -0.05) is 6.92 Å². The van der Waals surface area contributed by atoms with Crippen molar-refractivity contribution in [1.82, 2.24) is 15.5 Å². The van der Waals surface area contributed by atoms with Crippen LogP contribution in [0.1, 0.15) is 45.2 Å². The van der Waals surface area contributed by atoms with E-state index >= 15 is 0 Å². The predicted molar refractivity (Wildman–Crippen MR) is 130 cm³/mol. The first kappa shape index (κ1) is 24.1. The zero-order valence-corrected chi connectivity index (χ0v) is 20.6. The quantitative estimate of drug-likeness (QED) is 0.315.